The summed E-state index contributed by atoms with van der Waals surface area (Å²) in [5.74, 6) is -1.50. The Morgan fingerprint density at radius 3 is 2.17 bits per heavy atom. The number of carboxylic acids is 1. The lowest BCUT2D eigenvalue weighted by Gasteiger charge is -2.35. The van der Waals surface area contributed by atoms with Gasteiger partial charge >= 0.3 is 12.1 Å². The Labute approximate surface area is 203 Å². The molecule has 1 spiro atoms. The molecule has 2 aromatic carbocycles. The number of benzene rings is 2. The average molecular weight is 479 g/mol. The number of aliphatic hydroxyl groups excluding tert-OH is 1. The van der Waals surface area contributed by atoms with Gasteiger partial charge in [0.1, 0.15) is 13.2 Å². The highest BCUT2D eigenvalue weighted by atomic mass is 16.5. The van der Waals surface area contributed by atoms with Crippen LogP contribution in [0.3, 0.4) is 0 Å². The number of hydrogen-bond donors (Lipinski definition) is 3. The molecule has 0 bridgehead atoms. The fourth-order valence-electron chi connectivity index (χ4n) is 6.13. The van der Waals surface area contributed by atoms with Gasteiger partial charge in [-0.1, -0.05) is 55.0 Å². The second kappa shape index (κ2) is 9.00. The minimum absolute atomic E-state index is 0.0477. The SMILES string of the molecule is O=C(O)CN(CCO)C(=O)C1(CNC(=O)OCC2c3ccccc3-c3ccccc32)CC12CCC2. The van der Waals surface area contributed by atoms with Crippen molar-refractivity contribution in [3.05, 3.63) is 59.7 Å². The number of aliphatic carboxylic acids is 1. The van der Waals surface area contributed by atoms with Gasteiger partial charge in [0.25, 0.3) is 0 Å². The molecule has 5 rings (SSSR count). The molecular weight excluding hydrogens is 448 g/mol. The minimum atomic E-state index is -1.13. The zero-order valence-corrected chi connectivity index (χ0v) is 19.5. The number of fused-ring (bicyclic) bond motifs is 3. The number of alkyl carbamates (subject to hydrolysis) is 1. The number of amides is 2. The Balaban J connectivity index is 1.25. The van der Waals surface area contributed by atoms with Crippen LogP contribution in [0.5, 0.6) is 0 Å². The monoisotopic (exact) mass is 478 g/mol. The molecule has 2 fully saturated rings. The molecular formula is C27H30N2O6. The van der Waals surface area contributed by atoms with Crippen LogP contribution < -0.4 is 5.32 Å². The van der Waals surface area contributed by atoms with E-state index >= 15 is 0 Å². The third-order valence-electron chi connectivity index (χ3n) is 8.11. The van der Waals surface area contributed by atoms with Crippen LogP contribution in [0.1, 0.15) is 42.7 Å². The first kappa shape index (κ1) is 23.4. The number of nitrogens with zero attached hydrogens (tertiary/aromatic N) is 1. The summed E-state index contributed by atoms with van der Waals surface area (Å²) in [5.41, 5.74) is 3.52. The molecule has 3 aliphatic carbocycles. The summed E-state index contributed by atoms with van der Waals surface area (Å²) in [5, 5.41) is 21.3. The number of rotatable bonds is 9. The number of carboxylic acid groups (broad SMARTS) is 1. The van der Waals surface area contributed by atoms with Crippen LogP contribution in [-0.2, 0) is 14.3 Å². The van der Waals surface area contributed by atoms with Crippen molar-refractivity contribution in [2.75, 3.05) is 32.8 Å². The van der Waals surface area contributed by atoms with Crippen molar-refractivity contribution in [2.24, 2.45) is 10.8 Å². The molecule has 2 amide bonds. The summed E-state index contributed by atoms with van der Waals surface area (Å²) in [6, 6.07) is 16.2. The summed E-state index contributed by atoms with van der Waals surface area (Å²) in [6.07, 6.45) is 2.80. The third-order valence-corrected chi connectivity index (χ3v) is 8.11. The molecule has 3 aliphatic rings. The second-order valence-electron chi connectivity index (χ2n) is 9.92. The van der Waals surface area contributed by atoms with Crippen molar-refractivity contribution in [1.29, 1.82) is 0 Å². The molecule has 0 saturated heterocycles. The topological polar surface area (TPSA) is 116 Å². The number of carbonyl (C=O) groups excluding carboxylic acids is 2. The Hall–Kier alpha value is -3.39. The first-order valence-corrected chi connectivity index (χ1v) is 12.1. The largest absolute Gasteiger partial charge is 0.480 e. The van der Waals surface area contributed by atoms with Crippen LogP contribution in [0.2, 0.25) is 0 Å². The molecule has 184 valence electrons. The summed E-state index contributed by atoms with van der Waals surface area (Å²) < 4.78 is 5.63. The summed E-state index contributed by atoms with van der Waals surface area (Å²) >= 11 is 0. The van der Waals surface area contributed by atoms with Crippen LogP contribution >= 0.6 is 0 Å². The van der Waals surface area contributed by atoms with Crippen molar-refractivity contribution in [3.8, 4) is 11.1 Å². The van der Waals surface area contributed by atoms with Crippen LogP contribution in [0.25, 0.3) is 11.1 Å². The maximum Gasteiger partial charge on any atom is 0.407 e. The van der Waals surface area contributed by atoms with E-state index in [9.17, 15) is 24.6 Å². The van der Waals surface area contributed by atoms with E-state index in [1.54, 1.807) is 0 Å². The Morgan fingerprint density at radius 2 is 1.66 bits per heavy atom. The molecule has 0 aliphatic heterocycles. The van der Waals surface area contributed by atoms with E-state index in [4.69, 9.17) is 4.74 Å². The van der Waals surface area contributed by atoms with E-state index in [2.05, 4.69) is 29.6 Å². The summed E-state index contributed by atoms with van der Waals surface area (Å²) in [6.45, 7) is -0.552. The van der Waals surface area contributed by atoms with Crippen LogP contribution in [0.4, 0.5) is 4.79 Å². The number of nitrogens with one attached hydrogen (secondary N) is 1. The Bertz CT molecular complexity index is 1110. The van der Waals surface area contributed by atoms with Crippen molar-refractivity contribution < 1.29 is 29.3 Å². The maximum atomic E-state index is 13.4. The van der Waals surface area contributed by atoms with Gasteiger partial charge in [-0.3, -0.25) is 9.59 Å². The van der Waals surface area contributed by atoms with E-state index in [1.807, 2.05) is 24.3 Å². The first-order valence-electron chi connectivity index (χ1n) is 12.1. The molecule has 1 atom stereocenters. The van der Waals surface area contributed by atoms with Gasteiger partial charge in [-0.25, -0.2) is 4.79 Å². The zero-order chi connectivity index (χ0) is 24.6. The highest BCUT2D eigenvalue weighted by molar-refractivity contribution is 5.90. The van der Waals surface area contributed by atoms with E-state index < -0.39 is 24.0 Å². The molecule has 0 heterocycles. The fraction of sp³-hybridized carbons (Fsp3) is 0.444. The number of carbonyl (C=O) groups is 3. The molecule has 0 aromatic heterocycles. The Kier molecular flexibility index (Phi) is 6.01. The van der Waals surface area contributed by atoms with Crippen LogP contribution in [0, 0.1) is 10.8 Å². The van der Waals surface area contributed by atoms with Gasteiger partial charge in [0.2, 0.25) is 5.91 Å². The lowest BCUT2D eigenvalue weighted by molar-refractivity contribution is -0.148. The summed E-state index contributed by atoms with van der Waals surface area (Å²) in [7, 11) is 0. The number of ether oxygens (including phenoxy) is 1. The average Bonchev–Trinajstić information content (AvgIpc) is 3.44. The van der Waals surface area contributed by atoms with E-state index in [0.29, 0.717) is 6.42 Å². The van der Waals surface area contributed by atoms with E-state index in [1.165, 1.54) is 4.90 Å². The van der Waals surface area contributed by atoms with E-state index in [-0.39, 0.29) is 43.5 Å². The van der Waals surface area contributed by atoms with Gasteiger partial charge in [0, 0.05) is 19.0 Å². The molecule has 1 unspecified atom stereocenters. The maximum absolute atomic E-state index is 13.4. The highest BCUT2D eigenvalue weighted by Crippen LogP contribution is 2.74. The molecule has 35 heavy (non-hydrogen) atoms. The zero-order valence-electron chi connectivity index (χ0n) is 19.5. The molecule has 8 nitrogen and oxygen atoms in total. The van der Waals surface area contributed by atoms with Crippen LogP contribution in [-0.4, -0.2) is 65.9 Å². The smallest absolute Gasteiger partial charge is 0.407 e. The summed E-state index contributed by atoms with van der Waals surface area (Å²) in [4.78, 5) is 38.6. The molecule has 0 radical (unpaired) electrons. The van der Waals surface area contributed by atoms with Gasteiger partial charge in [0.15, 0.2) is 0 Å². The van der Waals surface area contributed by atoms with E-state index in [0.717, 1.165) is 41.5 Å². The third kappa shape index (κ3) is 3.95. The second-order valence-corrected chi connectivity index (χ2v) is 9.92. The van der Waals surface area contributed by atoms with Crippen molar-refractivity contribution in [2.45, 2.75) is 31.6 Å². The molecule has 2 saturated carbocycles. The van der Waals surface area contributed by atoms with Gasteiger partial charge in [0.05, 0.1) is 12.0 Å². The van der Waals surface area contributed by atoms with Gasteiger partial charge < -0.3 is 25.2 Å². The van der Waals surface area contributed by atoms with Crippen molar-refractivity contribution in [3.63, 3.8) is 0 Å². The van der Waals surface area contributed by atoms with Crippen LogP contribution in [0.15, 0.2) is 48.5 Å². The fourth-order valence-corrected chi connectivity index (χ4v) is 6.13. The molecule has 8 heteroatoms. The van der Waals surface area contributed by atoms with Gasteiger partial charge in [-0.05, 0) is 46.9 Å². The predicted octanol–water partition coefficient (Wildman–Crippen LogP) is 2.99. The minimum Gasteiger partial charge on any atom is -0.480 e. The van der Waals surface area contributed by atoms with Gasteiger partial charge in [-0.2, -0.15) is 0 Å². The predicted molar refractivity (Wildman–Crippen MR) is 128 cm³/mol. The number of aliphatic hydroxyl groups is 1. The standard InChI is InChI=1S/C27H30N2O6/c30-13-12-29(14-23(31)32)24(33)27(16-26(27)10-5-11-26)17-28-25(34)35-15-22-20-8-3-1-6-18(20)19-7-2-4-9-21(19)22/h1-4,6-9,22,30H,5,10-17H2,(H,28,34)(H,31,32). The molecule has 2 aromatic rings. The lowest BCUT2D eigenvalue weighted by atomic mass is 9.74. The van der Waals surface area contributed by atoms with Crippen molar-refractivity contribution >= 4 is 18.0 Å². The lowest BCUT2D eigenvalue weighted by Crippen LogP contribution is -2.49. The van der Waals surface area contributed by atoms with Crippen molar-refractivity contribution in [1.82, 2.24) is 10.2 Å². The van der Waals surface area contributed by atoms with Gasteiger partial charge in [-0.15, -0.1) is 0 Å². The highest BCUT2D eigenvalue weighted by Gasteiger charge is 2.74. The number of hydrogen-bond acceptors (Lipinski definition) is 5. The quantitative estimate of drug-likeness (QED) is 0.510. The first-order chi connectivity index (χ1) is 16.9. The Morgan fingerprint density at radius 1 is 1.03 bits per heavy atom. The normalized spacial score (nSPS) is 20.9. The molecule has 3 N–H and O–H groups in total.